The van der Waals surface area contributed by atoms with Crippen LogP contribution in [0.5, 0.6) is 0 Å². The Morgan fingerprint density at radius 1 is 1.31 bits per heavy atom. The molecule has 0 spiro atoms. The maximum atomic E-state index is 11.9. The number of halogens is 1. The van der Waals surface area contributed by atoms with Crippen molar-refractivity contribution < 1.29 is 4.79 Å². The topological polar surface area (TPSA) is 29.1 Å². The number of hydrogen-bond acceptors (Lipinski definition) is 2. The van der Waals surface area contributed by atoms with Crippen molar-refractivity contribution in [1.29, 1.82) is 0 Å². The minimum atomic E-state index is -0.146. The van der Waals surface area contributed by atoms with Crippen LogP contribution in [0.4, 0.5) is 5.69 Å². The predicted octanol–water partition coefficient (Wildman–Crippen LogP) is 3.59. The fourth-order valence-electron chi connectivity index (χ4n) is 1.97. The van der Waals surface area contributed by atoms with E-state index in [4.69, 9.17) is 0 Å². The van der Waals surface area contributed by atoms with E-state index in [0.717, 1.165) is 20.6 Å². The van der Waals surface area contributed by atoms with Crippen molar-refractivity contribution in [1.82, 2.24) is 0 Å². The van der Waals surface area contributed by atoms with E-state index in [1.165, 1.54) is 0 Å². The molecular weight excluding hydrogens is 286 g/mol. The molecule has 1 aromatic carbocycles. The van der Waals surface area contributed by atoms with Gasteiger partial charge in [-0.2, -0.15) is 0 Å². The van der Waals surface area contributed by atoms with Gasteiger partial charge in [-0.05, 0) is 33.6 Å². The fraction of sp³-hybridized carbons (Fsp3) is 0.0833. The van der Waals surface area contributed by atoms with E-state index in [-0.39, 0.29) is 11.8 Å². The number of thiophene rings is 1. The summed E-state index contributed by atoms with van der Waals surface area (Å²) in [5.74, 6) is -0.0805. The van der Waals surface area contributed by atoms with Gasteiger partial charge in [0.05, 0.1) is 5.92 Å². The third-order valence-corrected chi connectivity index (χ3v) is 4.42. The normalized spacial score (nSPS) is 18.3. The van der Waals surface area contributed by atoms with Crippen molar-refractivity contribution in [2.75, 3.05) is 5.32 Å². The van der Waals surface area contributed by atoms with Crippen molar-refractivity contribution in [2.24, 2.45) is 0 Å². The van der Waals surface area contributed by atoms with Gasteiger partial charge in [0.15, 0.2) is 0 Å². The summed E-state index contributed by atoms with van der Waals surface area (Å²) in [5, 5.41) is 4.91. The lowest BCUT2D eigenvalue weighted by molar-refractivity contribution is -0.116. The molecule has 1 aliphatic rings. The van der Waals surface area contributed by atoms with Gasteiger partial charge in [0.2, 0.25) is 5.91 Å². The van der Waals surface area contributed by atoms with Gasteiger partial charge in [0.1, 0.15) is 0 Å². The van der Waals surface area contributed by atoms with Crippen LogP contribution in [0.1, 0.15) is 16.4 Å². The molecule has 2 nitrogen and oxygen atoms in total. The summed E-state index contributed by atoms with van der Waals surface area (Å²) in [6.07, 6.45) is 0. The molecule has 0 saturated carbocycles. The molecule has 0 radical (unpaired) electrons. The number of fused-ring (bicyclic) bond motifs is 1. The Kier molecular flexibility index (Phi) is 2.33. The second kappa shape index (κ2) is 3.71. The highest BCUT2D eigenvalue weighted by Crippen LogP contribution is 2.39. The van der Waals surface area contributed by atoms with Crippen LogP contribution in [0.25, 0.3) is 0 Å². The molecule has 4 heteroatoms. The SMILES string of the molecule is O=C1Nc2ccccc2C1c1cc(Br)cs1. The van der Waals surface area contributed by atoms with Gasteiger partial charge in [0, 0.05) is 20.4 Å². The zero-order valence-electron chi connectivity index (χ0n) is 8.24. The highest BCUT2D eigenvalue weighted by atomic mass is 79.9. The Balaban J connectivity index is 2.12. The number of carbonyl (C=O) groups is 1. The number of carbonyl (C=O) groups excluding carboxylic acids is 1. The number of benzene rings is 1. The molecule has 0 saturated heterocycles. The van der Waals surface area contributed by atoms with E-state index in [1.807, 2.05) is 35.7 Å². The van der Waals surface area contributed by atoms with Crippen molar-refractivity contribution in [3.05, 3.63) is 50.6 Å². The zero-order valence-corrected chi connectivity index (χ0v) is 10.6. The van der Waals surface area contributed by atoms with Crippen molar-refractivity contribution >= 4 is 38.9 Å². The molecular formula is C12H8BrNOS. The fourth-order valence-corrected chi connectivity index (χ4v) is 3.53. The molecule has 1 atom stereocenters. The van der Waals surface area contributed by atoms with Gasteiger partial charge in [0.25, 0.3) is 0 Å². The Morgan fingerprint density at radius 2 is 2.12 bits per heavy atom. The van der Waals surface area contributed by atoms with Gasteiger partial charge in [-0.3, -0.25) is 4.79 Å². The highest BCUT2D eigenvalue weighted by molar-refractivity contribution is 9.10. The van der Waals surface area contributed by atoms with Gasteiger partial charge in [-0.15, -0.1) is 11.3 Å². The lowest BCUT2D eigenvalue weighted by atomic mass is 9.99. The first kappa shape index (κ1) is 10.1. The molecule has 80 valence electrons. The molecule has 1 N–H and O–H groups in total. The standard InChI is InChI=1S/C12H8BrNOS/c13-7-5-10(16-6-7)11-8-3-1-2-4-9(8)14-12(11)15/h1-6,11H,(H,14,15). The minimum absolute atomic E-state index is 0.0653. The summed E-state index contributed by atoms with van der Waals surface area (Å²) >= 11 is 5.02. The smallest absolute Gasteiger partial charge is 0.237 e. The lowest BCUT2D eigenvalue weighted by Gasteiger charge is -2.04. The molecule has 2 heterocycles. The van der Waals surface area contributed by atoms with Crippen molar-refractivity contribution in [2.45, 2.75) is 5.92 Å². The number of rotatable bonds is 1. The van der Waals surface area contributed by atoms with Crippen LogP contribution in [0, 0.1) is 0 Å². The van der Waals surface area contributed by atoms with Gasteiger partial charge >= 0.3 is 0 Å². The predicted molar refractivity (Wildman–Crippen MR) is 68.9 cm³/mol. The van der Waals surface area contributed by atoms with E-state index in [1.54, 1.807) is 11.3 Å². The summed E-state index contributed by atoms with van der Waals surface area (Å²) in [6, 6.07) is 9.86. The average molecular weight is 294 g/mol. The van der Waals surface area contributed by atoms with E-state index < -0.39 is 0 Å². The van der Waals surface area contributed by atoms with Crippen LogP contribution >= 0.6 is 27.3 Å². The number of amides is 1. The first-order valence-corrected chi connectivity index (χ1v) is 6.56. The third-order valence-electron chi connectivity index (χ3n) is 2.66. The summed E-state index contributed by atoms with van der Waals surface area (Å²) in [6.45, 7) is 0. The molecule has 0 fully saturated rings. The molecule has 16 heavy (non-hydrogen) atoms. The second-order valence-electron chi connectivity index (χ2n) is 3.68. The summed E-state index contributed by atoms with van der Waals surface area (Å²) in [7, 11) is 0. The van der Waals surface area contributed by atoms with Crippen LogP contribution in [0.15, 0.2) is 40.2 Å². The number of para-hydroxylation sites is 1. The summed E-state index contributed by atoms with van der Waals surface area (Å²) < 4.78 is 1.03. The Labute approximate surface area is 105 Å². The van der Waals surface area contributed by atoms with Crippen molar-refractivity contribution in [3.63, 3.8) is 0 Å². The Hall–Kier alpha value is -1.13. The third kappa shape index (κ3) is 1.49. The van der Waals surface area contributed by atoms with Crippen LogP contribution < -0.4 is 5.32 Å². The van der Waals surface area contributed by atoms with Crippen LogP contribution in [-0.2, 0) is 4.79 Å². The largest absolute Gasteiger partial charge is 0.325 e. The molecule has 3 rings (SSSR count). The van der Waals surface area contributed by atoms with E-state index in [2.05, 4.69) is 21.2 Å². The Bertz CT molecular complexity index is 564. The zero-order chi connectivity index (χ0) is 11.1. The molecule has 1 unspecified atom stereocenters. The first-order valence-electron chi connectivity index (χ1n) is 4.89. The number of anilines is 1. The molecule has 2 aromatic rings. The molecule has 1 aliphatic heterocycles. The monoisotopic (exact) mass is 293 g/mol. The quantitative estimate of drug-likeness (QED) is 0.855. The van der Waals surface area contributed by atoms with Gasteiger partial charge in [-0.1, -0.05) is 18.2 Å². The number of hydrogen-bond donors (Lipinski definition) is 1. The average Bonchev–Trinajstić information content (AvgIpc) is 2.80. The van der Waals surface area contributed by atoms with Crippen LogP contribution in [-0.4, -0.2) is 5.91 Å². The second-order valence-corrected chi connectivity index (χ2v) is 5.54. The Morgan fingerprint density at radius 3 is 2.88 bits per heavy atom. The van der Waals surface area contributed by atoms with Gasteiger partial charge < -0.3 is 5.32 Å². The molecule has 1 amide bonds. The lowest BCUT2D eigenvalue weighted by Crippen LogP contribution is -2.11. The van der Waals surface area contributed by atoms with Crippen LogP contribution in [0.3, 0.4) is 0 Å². The van der Waals surface area contributed by atoms with Crippen LogP contribution in [0.2, 0.25) is 0 Å². The summed E-state index contributed by atoms with van der Waals surface area (Å²) in [5.41, 5.74) is 2.00. The maximum Gasteiger partial charge on any atom is 0.237 e. The van der Waals surface area contributed by atoms with E-state index in [0.29, 0.717) is 0 Å². The van der Waals surface area contributed by atoms with Gasteiger partial charge in [-0.25, -0.2) is 0 Å². The molecule has 1 aromatic heterocycles. The molecule has 0 aliphatic carbocycles. The van der Waals surface area contributed by atoms with E-state index >= 15 is 0 Å². The van der Waals surface area contributed by atoms with E-state index in [9.17, 15) is 4.79 Å². The highest BCUT2D eigenvalue weighted by Gasteiger charge is 2.32. The molecule has 0 bridgehead atoms. The first-order chi connectivity index (χ1) is 7.75. The van der Waals surface area contributed by atoms with Crippen molar-refractivity contribution in [3.8, 4) is 0 Å². The number of nitrogens with one attached hydrogen (secondary N) is 1. The minimum Gasteiger partial charge on any atom is -0.325 e. The maximum absolute atomic E-state index is 11.9. The summed E-state index contributed by atoms with van der Waals surface area (Å²) in [4.78, 5) is 13.0.